The van der Waals surface area contributed by atoms with Crippen molar-refractivity contribution in [3.05, 3.63) is 29.3 Å². The molecule has 0 heterocycles. The summed E-state index contributed by atoms with van der Waals surface area (Å²) in [5, 5.41) is 0. The fourth-order valence-corrected chi connectivity index (χ4v) is 1.75. The maximum absolute atomic E-state index is 10.4. The average molecular weight is 219 g/mol. The Kier molecular flexibility index (Phi) is 3.86. The standard InChI is InChI=1S/C13H17NO2/c1-5-16-11-6-7-12(10(2)8-11)13(3,4)14-9-15/h6-8H,5H2,1-4H3. The van der Waals surface area contributed by atoms with Gasteiger partial charge in [-0.1, -0.05) is 6.07 Å². The minimum atomic E-state index is -0.531. The number of aliphatic imine (C=N–C) groups is 1. The van der Waals surface area contributed by atoms with Gasteiger partial charge in [0.25, 0.3) is 0 Å². The van der Waals surface area contributed by atoms with Gasteiger partial charge in [0.15, 0.2) is 0 Å². The number of nitrogens with zero attached hydrogens (tertiary/aromatic N) is 1. The lowest BCUT2D eigenvalue weighted by Gasteiger charge is -2.21. The smallest absolute Gasteiger partial charge is 0.235 e. The molecule has 0 N–H and O–H groups in total. The van der Waals surface area contributed by atoms with E-state index in [1.165, 1.54) is 0 Å². The van der Waals surface area contributed by atoms with Crippen LogP contribution in [0.15, 0.2) is 23.2 Å². The largest absolute Gasteiger partial charge is 0.494 e. The van der Waals surface area contributed by atoms with Crippen molar-refractivity contribution in [2.45, 2.75) is 33.2 Å². The molecule has 0 aliphatic heterocycles. The molecule has 1 aromatic rings. The van der Waals surface area contributed by atoms with E-state index in [2.05, 4.69) is 4.99 Å². The Balaban J connectivity index is 3.12. The highest BCUT2D eigenvalue weighted by Gasteiger charge is 2.21. The summed E-state index contributed by atoms with van der Waals surface area (Å²) in [6, 6.07) is 5.80. The quantitative estimate of drug-likeness (QED) is 0.577. The highest BCUT2D eigenvalue weighted by Crippen LogP contribution is 2.29. The van der Waals surface area contributed by atoms with E-state index in [9.17, 15) is 4.79 Å². The third kappa shape index (κ3) is 2.71. The normalized spacial score (nSPS) is 10.8. The average Bonchev–Trinajstić information content (AvgIpc) is 2.17. The van der Waals surface area contributed by atoms with E-state index in [-0.39, 0.29) is 0 Å². The predicted octanol–water partition coefficient (Wildman–Crippen LogP) is 2.96. The minimum absolute atomic E-state index is 0.531. The second-order valence-electron chi connectivity index (χ2n) is 4.17. The Morgan fingerprint density at radius 3 is 2.62 bits per heavy atom. The van der Waals surface area contributed by atoms with Crippen molar-refractivity contribution in [2.75, 3.05) is 6.61 Å². The number of aryl methyl sites for hydroxylation is 1. The fourth-order valence-electron chi connectivity index (χ4n) is 1.75. The SMILES string of the molecule is CCOc1ccc(C(C)(C)N=C=O)c(C)c1. The summed E-state index contributed by atoms with van der Waals surface area (Å²) in [7, 11) is 0. The van der Waals surface area contributed by atoms with Crippen LogP contribution in [0.3, 0.4) is 0 Å². The van der Waals surface area contributed by atoms with E-state index in [4.69, 9.17) is 4.74 Å². The molecule has 1 aromatic carbocycles. The second-order valence-corrected chi connectivity index (χ2v) is 4.17. The molecule has 0 spiro atoms. The fraction of sp³-hybridized carbons (Fsp3) is 0.462. The highest BCUT2D eigenvalue weighted by molar-refractivity contribution is 5.42. The van der Waals surface area contributed by atoms with Crippen LogP contribution >= 0.6 is 0 Å². The Hall–Kier alpha value is -1.60. The first kappa shape index (κ1) is 12.5. The van der Waals surface area contributed by atoms with Crippen molar-refractivity contribution in [1.82, 2.24) is 0 Å². The number of hydrogen-bond acceptors (Lipinski definition) is 3. The van der Waals surface area contributed by atoms with Crippen molar-refractivity contribution in [2.24, 2.45) is 4.99 Å². The number of ether oxygens (including phenoxy) is 1. The molecule has 0 aliphatic carbocycles. The Morgan fingerprint density at radius 2 is 2.12 bits per heavy atom. The number of hydrogen-bond donors (Lipinski definition) is 0. The summed E-state index contributed by atoms with van der Waals surface area (Å²) in [5.41, 5.74) is 1.55. The van der Waals surface area contributed by atoms with Gasteiger partial charge in [-0.15, -0.1) is 0 Å². The van der Waals surface area contributed by atoms with Gasteiger partial charge < -0.3 is 4.74 Å². The molecule has 3 heteroatoms. The lowest BCUT2D eigenvalue weighted by molar-refractivity contribution is 0.339. The first-order chi connectivity index (χ1) is 7.51. The molecule has 0 fully saturated rings. The molecule has 0 bridgehead atoms. The molecule has 0 amide bonds. The first-order valence-corrected chi connectivity index (χ1v) is 5.34. The zero-order valence-corrected chi connectivity index (χ0v) is 10.2. The molecule has 0 saturated heterocycles. The van der Waals surface area contributed by atoms with E-state index < -0.39 is 5.54 Å². The van der Waals surface area contributed by atoms with Crippen molar-refractivity contribution in [3.8, 4) is 5.75 Å². The summed E-state index contributed by atoms with van der Waals surface area (Å²) in [4.78, 5) is 14.2. The van der Waals surface area contributed by atoms with Crippen LogP contribution in [0.4, 0.5) is 0 Å². The van der Waals surface area contributed by atoms with Crippen molar-refractivity contribution in [3.63, 3.8) is 0 Å². The maximum atomic E-state index is 10.4. The molecule has 0 aromatic heterocycles. The third-order valence-corrected chi connectivity index (χ3v) is 2.49. The van der Waals surface area contributed by atoms with E-state index in [0.717, 1.165) is 16.9 Å². The van der Waals surface area contributed by atoms with Crippen LogP contribution < -0.4 is 4.74 Å². The summed E-state index contributed by atoms with van der Waals surface area (Å²) < 4.78 is 5.41. The molecule has 16 heavy (non-hydrogen) atoms. The van der Waals surface area contributed by atoms with Gasteiger partial charge in [-0.3, -0.25) is 0 Å². The zero-order chi connectivity index (χ0) is 12.2. The van der Waals surface area contributed by atoms with Crippen molar-refractivity contribution in [1.29, 1.82) is 0 Å². The number of isocyanates is 1. The Bertz CT molecular complexity index is 418. The van der Waals surface area contributed by atoms with Gasteiger partial charge in [0.2, 0.25) is 6.08 Å². The minimum Gasteiger partial charge on any atom is -0.494 e. The van der Waals surface area contributed by atoms with Gasteiger partial charge in [0.05, 0.1) is 12.1 Å². The first-order valence-electron chi connectivity index (χ1n) is 5.34. The van der Waals surface area contributed by atoms with Gasteiger partial charge in [-0.25, -0.2) is 4.79 Å². The van der Waals surface area contributed by atoms with Crippen LogP contribution in [0.1, 0.15) is 31.9 Å². The number of carbonyl (C=O) groups excluding carboxylic acids is 1. The lowest BCUT2D eigenvalue weighted by Crippen LogP contribution is -2.15. The summed E-state index contributed by atoms with van der Waals surface area (Å²) >= 11 is 0. The van der Waals surface area contributed by atoms with Gasteiger partial charge in [-0.2, -0.15) is 4.99 Å². The van der Waals surface area contributed by atoms with Crippen LogP contribution in [-0.2, 0) is 10.3 Å². The van der Waals surface area contributed by atoms with E-state index in [1.807, 2.05) is 45.9 Å². The Labute approximate surface area is 96.2 Å². The molecule has 3 nitrogen and oxygen atoms in total. The van der Waals surface area contributed by atoms with E-state index in [1.54, 1.807) is 6.08 Å². The van der Waals surface area contributed by atoms with Crippen molar-refractivity contribution < 1.29 is 9.53 Å². The lowest BCUT2D eigenvalue weighted by atomic mass is 9.91. The van der Waals surface area contributed by atoms with E-state index >= 15 is 0 Å². The van der Waals surface area contributed by atoms with Crippen LogP contribution in [-0.4, -0.2) is 12.7 Å². The van der Waals surface area contributed by atoms with Crippen LogP contribution in [0.5, 0.6) is 5.75 Å². The third-order valence-electron chi connectivity index (χ3n) is 2.49. The van der Waals surface area contributed by atoms with Crippen molar-refractivity contribution >= 4 is 6.08 Å². The zero-order valence-electron chi connectivity index (χ0n) is 10.2. The molecule has 0 atom stereocenters. The molecule has 0 unspecified atom stereocenters. The van der Waals surface area contributed by atoms with Crippen LogP contribution in [0, 0.1) is 6.92 Å². The number of benzene rings is 1. The molecule has 1 rings (SSSR count). The Morgan fingerprint density at radius 1 is 1.44 bits per heavy atom. The molecular formula is C13H17NO2. The predicted molar refractivity (Wildman–Crippen MR) is 63.5 cm³/mol. The summed E-state index contributed by atoms with van der Waals surface area (Å²) in [5.74, 6) is 0.842. The van der Waals surface area contributed by atoms with Crippen LogP contribution in [0.2, 0.25) is 0 Å². The molecule has 0 aliphatic rings. The molecular weight excluding hydrogens is 202 g/mol. The van der Waals surface area contributed by atoms with Crippen LogP contribution in [0.25, 0.3) is 0 Å². The molecule has 86 valence electrons. The topological polar surface area (TPSA) is 38.7 Å². The van der Waals surface area contributed by atoms with Gasteiger partial charge in [-0.05, 0) is 51.0 Å². The van der Waals surface area contributed by atoms with Gasteiger partial charge in [0.1, 0.15) is 5.75 Å². The monoisotopic (exact) mass is 219 g/mol. The van der Waals surface area contributed by atoms with Gasteiger partial charge >= 0.3 is 0 Å². The second kappa shape index (κ2) is 4.95. The molecule has 0 radical (unpaired) electrons. The number of rotatable bonds is 4. The molecule has 0 saturated carbocycles. The van der Waals surface area contributed by atoms with E-state index in [0.29, 0.717) is 6.61 Å². The summed E-state index contributed by atoms with van der Waals surface area (Å²) in [6.45, 7) is 8.36. The van der Waals surface area contributed by atoms with Gasteiger partial charge in [0, 0.05) is 0 Å². The maximum Gasteiger partial charge on any atom is 0.235 e. The highest BCUT2D eigenvalue weighted by atomic mass is 16.5. The summed E-state index contributed by atoms with van der Waals surface area (Å²) in [6.07, 6.45) is 1.62.